The predicted octanol–water partition coefficient (Wildman–Crippen LogP) is 1.86. The van der Waals surface area contributed by atoms with Gasteiger partial charge in [0.15, 0.2) is 0 Å². The Balaban J connectivity index is 2.85. The Kier molecular flexibility index (Phi) is 2.11. The van der Waals surface area contributed by atoms with Crippen LogP contribution in [0.1, 0.15) is 0 Å². The third kappa shape index (κ3) is 1.72. The van der Waals surface area contributed by atoms with Crippen LogP contribution in [0.3, 0.4) is 0 Å². The van der Waals surface area contributed by atoms with E-state index < -0.39 is 0 Å². The van der Waals surface area contributed by atoms with Gasteiger partial charge in [0.25, 0.3) is 0 Å². The largest absolute Gasteiger partial charge is 0.252 e. The van der Waals surface area contributed by atoms with Gasteiger partial charge in [0.05, 0.1) is 5.03 Å². The van der Waals surface area contributed by atoms with Gasteiger partial charge in [-0.25, -0.2) is 10.9 Å². The van der Waals surface area contributed by atoms with Crippen LogP contribution >= 0.6 is 10.9 Å². The molecule has 0 fully saturated rings. The molecule has 0 aliphatic heterocycles. The Morgan fingerprint density at radius 2 is 2.33 bits per heavy atom. The molecule has 49 valence electrons. The minimum absolute atomic E-state index is 0.257. The average Bonchev–Trinajstić information content (AvgIpc) is 1.90. The average molecular weight is 140 g/mol. The predicted molar refractivity (Wildman–Crippen MR) is 42.8 cm³/mol. The van der Waals surface area contributed by atoms with E-state index in [0.717, 1.165) is 5.03 Å². The smallest absolute Gasteiger partial charge is 0.0762 e. The van der Waals surface area contributed by atoms with Crippen molar-refractivity contribution in [2.75, 3.05) is 6.26 Å². The second-order valence-corrected chi connectivity index (χ2v) is 3.74. The van der Waals surface area contributed by atoms with E-state index in [9.17, 15) is 0 Å². The zero-order valence-electron chi connectivity index (χ0n) is 5.41. The molecule has 1 rings (SSSR count). The van der Waals surface area contributed by atoms with E-state index in [2.05, 4.69) is 17.5 Å². The topological polar surface area (TPSA) is 12.9 Å². The summed E-state index contributed by atoms with van der Waals surface area (Å²) in [6.45, 7) is 0. The molecule has 0 bridgehead atoms. The maximum Gasteiger partial charge on any atom is 0.0762 e. The summed E-state index contributed by atoms with van der Waals surface area (Å²) >= 11 is 0. The molecule has 1 radical (unpaired) electrons. The minimum atomic E-state index is -0.257. The first-order valence-corrected chi connectivity index (χ1v) is 4.73. The lowest BCUT2D eigenvalue weighted by Gasteiger charge is -2.05. The van der Waals surface area contributed by atoms with Gasteiger partial charge in [-0.2, -0.15) is 0 Å². The molecule has 1 heterocycles. The minimum Gasteiger partial charge on any atom is -0.252 e. The van der Waals surface area contributed by atoms with Crippen molar-refractivity contribution in [3.63, 3.8) is 0 Å². The third-order valence-corrected chi connectivity index (χ3v) is 2.09. The standard InChI is InChI=1S/C7H10NS/c1-9(2)7-5-3-4-6-8-7/h3-6,9H,1H2,2H3. The molecule has 1 nitrogen and oxygen atoms in total. The zero-order chi connectivity index (χ0) is 6.69. The Labute approximate surface area is 58.5 Å². The number of nitrogens with zero attached hydrogens (tertiary/aromatic N) is 1. The van der Waals surface area contributed by atoms with Gasteiger partial charge in [-0.15, -0.1) is 0 Å². The first-order valence-electron chi connectivity index (χ1n) is 2.76. The van der Waals surface area contributed by atoms with Gasteiger partial charge in [0.2, 0.25) is 0 Å². The van der Waals surface area contributed by atoms with Crippen LogP contribution < -0.4 is 0 Å². The fourth-order valence-electron chi connectivity index (χ4n) is 0.580. The van der Waals surface area contributed by atoms with E-state index in [4.69, 9.17) is 0 Å². The summed E-state index contributed by atoms with van der Waals surface area (Å²) in [5, 5.41) is 1.12. The molecule has 0 aromatic carbocycles. The summed E-state index contributed by atoms with van der Waals surface area (Å²) < 4.78 is 0. The Hall–Kier alpha value is -0.500. The summed E-state index contributed by atoms with van der Waals surface area (Å²) in [6, 6.07) is 5.92. The molecule has 0 N–H and O–H groups in total. The Morgan fingerprint density at radius 3 is 2.67 bits per heavy atom. The van der Waals surface area contributed by atoms with Crippen LogP contribution in [0.15, 0.2) is 29.4 Å². The number of aromatic nitrogens is 1. The fraction of sp³-hybridized carbons (Fsp3) is 0.143. The van der Waals surface area contributed by atoms with Crippen molar-refractivity contribution in [2.45, 2.75) is 5.03 Å². The molecule has 1 aromatic rings. The van der Waals surface area contributed by atoms with Gasteiger partial charge in [0, 0.05) is 6.20 Å². The van der Waals surface area contributed by atoms with Crippen LogP contribution in [0.2, 0.25) is 0 Å². The number of pyridine rings is 1. The van der Waals surface area contributed by atoms with E-state index in [-0.39, 0.29) is 10.9 Å². The summed E-state index contributed by atoms with van der Waals surface area (Å²) in [7, 11) is -0.257. The van der Waals surface area contributed by atoms with Crippen molar-refractivity contribution >= 4 is 10.9 Å². The van der Waals surface area contributed by atoms with E-state index in [1.165, 1.54) is 0 Å². The molecule has 0 aliphatic carbocycles. The van der Waals surface area contributed by atoms with Crippen LogP contribution in [0.5, 0.6) is 0 Å². The quantitative estimate of drug-likeness (QED) is 0.587. The first-order chi connectivity index (χ1) is 4.30. The molecule has 1 aromatic heterocycles. The van der Waals surface area contributed by atoms with Gasteiger partial charge >= 0.3 is 0 Å². The van der Waals surface area contributed by atoms with Gasteiger partial charge in [-0.1, -0.05) is 6.07 Å². The molecule has 0 saturated carbocycles. The first kappa shape index (κ1) is 6.62. The number of hydrogen-bond acceptors (Lipinski definition) is 1. The van der Waals surface area contributed by atoms with Crippen LogP contribution in [0.4, 0.5) is 0 Å². The Bertz CT molecular complexity index is 172. The highest BCUT2D eigenvalue weighted by atomic mass is 32.2. The van der Waals surface area contributed by atoms with Gasteiger partial charge in [-0.3, -0.25) is 4.98 Å². The van der Waals surface area contributed by atoms with Crippen LogP contribution in [-0.4, -0.2) is 11.2 Å². The van der Waals surface area contributed by atoms with Gasteiger partial charge in [-0.05, 0) is 24.6 Å². The fourth-order valence-corrected chi connectivity index (χ4v) is 1.18. The molecule has 9 heavy (non-hydrogen) atoms. The van der Waals surface area contributed by atoms with Crippen molar-refractivity contribution in [1.29, 1.82) is 0 Å². The van der Waals surface area contributed by atoms with Crippen molar-refractivity contribution in [3.05, 3.63) is 30.7 Å². The highest BCUT2D eigenvalue weighted by Crippen LogP contribution is 2.26. The summed E-state index contributed by atoms with van der Waals surface area (Å²) in [4.78, 5) is 4.14. The molecule has 1 unspecified atom stereocenters. The lowest BCUT2D eigenvalue weighted by Crippen LogP contribution is -1.78. The summed E-state index contributed by atoms with van der Waals surface area (Å²) in [5.41, 5.74) is 0. The van der Waals surface area contributed by atoms with E-state index in [0.29, 0.717) is 0 Å². The second kappa shape index (κ2) is 2.87. The van der Waals surface area contributed by atoms with Crippen LogP contribution in [0.25, 0.3) is 0 Å². The van der Waals surface area contributed by atoms with Crippen molar-refractivity contribution < 1.29 is 0 Å². The number of thiol groups is 1. The number of rotatable bonds is 1. The molecule has 0 saturated heterocycles. The molecule has 0 amide bonds. The molecule has 0 aliphatic rings. The molecule has 0 spiro atoms. The van der Waals surface area contributed by atoms with Crippen LogP contribution in [-0.2, 0) is 0 Å². The normalized spacial score (nSPS) is 11.1. The monoisotopic (exact) mass is 140 g/mol. The lowest BCUT2D eigenvalue weighted by molar-refractivity contribution is 1.13. The van der Waals surface area contributed by atoms with Crippen LogP contribution in [0, 0.1) is 6.26 Å². The third-order valence-electron chi connectivity index (χ3n) is 1.04. The maximum absolute atomic E-state index is 4.14. The van der Waals surface area contributed by atoms with E-state index in [1.54, 1.807) is 6.20 Å². The van der Waals surface area contributed by atoms with Gasteiger partial charge in [0.1, 0.15) is 0 Å². The zero-order valence-corrected chi connectivity index (χ0v) is 6.31. The van der Waals surface area contributed by atoms with Crippen molar-refractivity contribution in [1.82, 2.24) is 4.98 Å². The summed E-state index contributed by atoms with van der Waals surface area (Å²) in [6.07, 6.45) is 7.81. The SMILES string of the molecule is [CH2][SH](C)c1ccccn1. The highest BCUT2D eigenvalue weighted by molar-refractivity contribution is 8.17. The van der Waals surface area contributed by atoms with Gasteiger partial charge < -0.3 is 0 Å². The molecular weight excluding hydrogens is 130 g/mol. The van der Waals surface area contributed by atoms with E-state index >= 15 is 0 Å². The summed E-state index contributed by atoms with van der Waals surface area (Å²) in [5.74, 6) is 0. The van der Waals surface area contributed by atoms with Crippen molar-refractivity contribution in [3.8, 4) is 0 Å². The Morgan fingerprint density at radius 1 is 1.56 bits per heavy atom. The molecule has 1 atom stereocenters. The molecule has 2 heteroatoms. The lowest BCUT2D eigenvalue weighted by atomic mass is 10.5. The maximum atomic E-state index is 4.14. The van der Waals surface area contributed by atoms with Crippen molar-refractivity contribution in [2.24, 2.45) is 0 Å². The number of hydrogen-bond donors (Lipinski definition) is 1. The van der Waals surface area contributed by atoms with E-state index in [1.807, 2.05) is 18.2 Å². The second-order valence-electron chi connectivity index (χ2n) is 1.89. The highest BCUT2D eigenvalue weighted by Gasteiger charge is 1.91. The molecular formula is C7H10NS.